The molecule has 3 rings (SSSR count). The molecule has 1 saturated heterocycles. The summed E-state index contributed by atoms with van der Waals surface area (Å²) in [5.74, 6) is 0.728. The van der Waals surface area contributed by atoms with E-state index in [0.29, 0.717) is 6.04 Å². The van der Waals surface area contributed by atoms with Crippen LogP contribution in [0.1, 0.15) is 42.4 Å². The smallest absolute Gasteiger partial charge is 0.0898 e. The molecule has 1 aromatic rings. The minimum Gasteiger partial charge on any atom is -0.314 e. The van der Waals surface area contributed by atoms with Crippen molar-refractivity contribution in [3.05, 3.63) is 16.1 Å². The highest BCUT2D eigenvalue weighted by atomic mass is 32.1. The molecule has 2 atom stereocenters. The normalized spacial score (nSPS) is 29.7. The van der Waals surface area contributed by atoms with Crippen molar-refractivity contribution in [1.29, 1.82) is 0 Å². The summed E-state index contributed by atoms with van der Waals surface area (Å²) in [6.07, 6.45) is 5.42. The first-order valence-electron chi connectivity index (χ1n) is 7.09. The van der Waals surface area contributed by atoms with Gasteiger partial charge in [-0.25, -0.2) is 4.98 Å². The second kappa shape index (κ2) is 5.27. The summed E-state index contributed by atoms with van der Waals surface area (Å²) in [5, 5.41) is 7.15. The van der Waals surface area contributed by atoms with Crippen molar-refractivity contribution in [1.82, 2.24) is 15.2 Å². The van der Waals surface area contributed by atoms with E-state index in [0.717, 1.165) is 18.5 Å². The van der Waals surface area contributed by atoms with E-state index in [1.165, 1.54) is 42.9 Å². The Hall–Kier alpha value is -0.450. The molecule has 4 heteroatoms. The van der Waals surface area contributed by atoms with Gasteiger partial charge in [0.1, 0.15) is 0 Å². The molecule has 2 aliphatic rings. The van der Waals surface area contributed by atoms with Crippen LogP contribution in [0.25, 0.3) is 0 Å². The van der Waals surface area contributed by atoms with Gasteiger partial charge < -0.3 is 5.32 Å². The summed E-state index contributed by atoms with van der Waals surface area (Å²) >= 11 is 1.78. The second-order valence-corrected chi connectivity index (χ2v) is 6.86. The maximum absolute atomic E-state index is 4.73. The van der Waals surface area contributed by atoms with Crippen LogP contribution in [0.4, 0.5) is 0 Å². The van der Waals surface area contributed by atoms with Gasteiger partial charge in [0, 0.05) is 18.0 Å². The van der Waals surface area contributed by atoms with Gasteiger partial charge in [0.05, 0.1) is 16.7 Å². The quantitative estimate of drug-likeness (QED) is 0.907. The monoisotopic (exact) mass is 265 g/mol. The maximum atomic E-state index is 4.73. The number of aryl methyl sites for hydroxylation is 1. The van der Waals surface area contributed by atoms with E-state index in [1.807, 2.05) is 0 Å². The number of rotatable bonds is 4. The van der Waals surface area contributed by atoms with Crippen LogP contribution in [0.3, 0.4) is 0 Å². The van der Waals surface area contributed by atoms with E-state index in [1.54, 1.807) is 11.3 Å². The summed E-state index contributed by atoms with van der Waals surface area (Å²) < 4.78 is 0. The van der Waals surface area contributed by atoms with Crippen LogP contribution in [-0.4, -0.2) is 36.1 Å². The molecule has 0 radical (unpaired) electrons. The molecule has 1 saturated carbocycles. The fourth-order valence-corrected chi connectivity index (χ4v) is 3.70. The molecule has 0 spiro atoms. The molecule has 2 heterocycles. The molecular formula is C14H23N3S. The Labute approximate surface area is 114 Å². The number of nitrogens with zero attached hydrogens (tertiary/aromatic N) is 2. The molecule has 0 amide bonds. The molecule has 1 aromatic heterocycles. The van der Waals surface area contributed by atoms with Gasteiger partial charge in [-0.1, -0.05) is 0 Å². The van der Waals surface area contributed by atoms with Gasteiger partial charge in [-0.05, 0) is 52.1 Å². The van der Waals surface area contributed by atoms with E-state index in [4.69, 9.17) is 4.98 Å². The third-order valence-corrected chi connectivity index (χ3v) is 4.98. The molecule has 1 aliphatic heterocycles. The number of piperidine rings is 1. The number of nitrogens with one attached hydrogen (secondary N) is 1. The van der Waals surface area contributed by atoms with Crippen molar-refractivity contribution >= 4 is 11.3 Å². The van der Waals surface area contributed by atoms with Crippen LogP contribution in [0.2, 0.25) is 0 Å². The average molecular weight is 265 g/mol. The van der Waals surface area contributed by atoms with Gasteiger partial charge in [-0.3, -0.25) is 4.90 Å². The van der Waals surface area contributed by atoms with E-state index in [2.05, 4.69) is 29.6 Å². The largest absolute Gasteiger partial charge is 0.314 e. The number of likely N-dealkylation sites (tertiary alicyclic amines) is 1. The lowest BCUT2D eigenvalue weighted by Gasteiger charge is -2.38. The summed E-state index contributed by atoms with van der Waals surface area (Å²) in [5.41, 5.74) is 1.29. The second-order valence-electron chi connectivity index (χ2n) is 5.80. The number of aromatic nitrogens is 1. The predicted octanol–water partition coefficient (Wildman–Crippen LogP) is 2.59. The van der Waals surface area contributed by atoms with E-state index < -0.39 is 0 Å². The van der Waals surface area contributed by atoms with Crippen molar-refractivity contribution < 1.29 is 0 Å². The lowest BCUT2D eigenvalue weighted by Crippen LogP contribution is -2.41. The van der Waals surface area contributed by atoms with Crippen molar-refractivity contribution in [3.8, 4) is 0 Å². The third kappa shape index (κ3) is 2.76. The zero-order valence-electron chi connectivity index (χ0n) is 11.4. The van der Waals surface area contributed by atoms with Gasteiger partial charge in [0.15, 0.2) is 0 Å². The molecule has 100 valence electrons. The molecular weight excluding hydrogens is 242 g/mol. The SMILES string of the molecule is Cc1nc(C2C(CNC3CC3)CCCN2C)cs1. The van der Waals surface area contributed by atoms with Gasteiger partial charge in [-0.15, -0.1) is 11.3 Å². The first-order chi connectivity index (χ1) is 8.74. The van der Waals surface area contributed by atoms with Gasteiger partial charge in [0.25, 0.3) is 0 Å². The lowest BCUT2D eigenvalue weighted by atomic mass is 9.87. The fourth-order valence-electron chi connectivity index (χ4n) is 3.06. The van der Waals surface area contributed by atoms with Crippen LogP contribution >= 0.6 is 11.3 Å². The molecule has 2 fully saturated rings. The first kappa shape index (κ1) is 12.6. The average Bonchev–Trinajstić information content (AvgIpc) is 3.09. The van der Waals surface area contributed by atoms with Crippen LogP contribution < -0.4 is 5.32 Å². The molecule has 1 aliphatic carbocycles. The van der Waals surface area contributed by atoms with Crippen molar-refractivity contribution in [2.75, 3.05) is 20.1 Å². The fraction of sp³-hybridized carbons (Fsp3) is 0.786. The predicted molar refractivity (Wildman–Crippen MR) is 76.0 cm³/mol. The first-order valence-corrected chi connectivity index (χ1v) is 7.97. The zero-order valence-corrected chi connectivity index (χ0v) is 12.2. The standard InChI is InChI=1S/C14H23N3S/c1-10-16-13(9-18-10)14-11(4-3-7-17(14)2)8-15-12-5-6-12/h9,11-12,14-15H,3-8H2,1-2H3. The Morgan fingerprint density at radius 3 is 2.94 bits per heavy atom. The van der Waals surface area contributed by atoms with E-state index in [-0.39, 0.29) is 0 Å². The molecule has 2 unspecified atom stereocenters. The van der Waals surface area contributed by atoms with Crippen molar-refractivity contribution in [2.45, 2.75) is 44.7 Å². The Balaban J connectivity index is 1.71. The van der Waals surface area contributed by atoms with Gasteiger partial charge in [-0.2, -0.15) is 0 Å². The number of hydrogen-bond donors (Lipinski definition) is 1. The Morgan fingerprint density at radius 2 is 2.28 bits per heavy atom. The van der Waals surface area contributed by atoms with Gasteiger partial charge in [0.2, 0.25) is 0 Å². The summed E-state index contributed by atoms with van der Waals surface area (Å²) in [4.78, 5) is 7.22. The van der Waals surface area contributed by atoms with Crippen molar-refractivity contribution in [3.63, 3.8) is 0 Å². The summed E-state index contributed by atoms with van der Waals surface area (Å²) in [6, 6.07) is 1.34. The topological polar surface area (TPSA) is 28.2 Å². The molecule has 1 N–H and O–H groups in total. The maximum Gasteiger partial charge on any atom is 0.0898 e. The third-order valence-electron chi connectivity index (χ3n) is 4.19. The van der Waals surface area contributed by atoms with Gasteiger partial charge >= 0.3 is 0 Å². The molecule has 0 aromatic carbocycles. The van der Waals surface area contributed by atoms with Crippen molar-refractivity contribution in [2.24, 2.45) is 5.92 Å². The van der Waals surface area contributed by atoms with Crippen LogP contribution in [0.5, 0.6) is 0 Å². The van der Waals surface area contributed by atoms with E-state index in [9.17, 15) is 0 Å². The van der Waals surface area contributed by atoms with Crippen LogP contribution in [0.15, 0.2) is 5.38 Å². The molecule has 0 bridgehead atoms. The Bertz CT molecular complexity index is 399. The highest BCUT2D eigenvalue weighted by Crippen LogP contribution is 2.35. The van der Waals surface area contributed by atoms with Crippen LogP contribution in [-0.2, 0) is 0 Å². The minimum absolute atomic E-state index is 0.523. The molecule has 3 nitrogen and oxygen atoms in total. The number of thiazole rings is 1. The lowest BCUT2D eigenvalue weighted by molar-refractivity contribution is 0.116. The minimum atomic E-state index is 0.523. The summed E-state index contributed by atoms with van der Waals surface area (Å²) in [6.45, 7) is 4.48. The molecule has 18 heavy (non-hydrogen) atoms. The highest BCUT2D eigenvalue weighted by Gasteiger charge is 2.33. The highest BCUT2D eigenvalue weighted by molar-refractivity contribution is 7.09. The van der Waals surface area contributed by atoms with E-state index >= 15 is 0 Å². The summed E-state index contributed by atoms with van der Waals surface area (Å²) in [7, 11) is 2.25. The Morgan fingerprint density at radius 1 is 1.44 bits per heavy atom. The Kier molecular flexibility index (Phi) is 3.68. The zero-order chi connectivity index (χ0) is 12.5. The number of hydrogen-bond acceptors (Lipinski definition) is 4. The van der Waals surface area contributed by atoms with Crippen LogP contribution in [0, 0.1) is 12.8 Å².